The van der Waals surface area contributed by atoms with Gasteiger partial charge in [-0.05, 0) is 129 Å². The molecule has 14 atom stereocenters. The minimum Gasteiger partial charge on any atom is -0.390 e. The Balaban J connectivity index is 0.974. The summed E-state index contributed by atoms with van der Waals surface area (Å²) in [6, 6.07) is 0. The van der Waals surface area contributed by atoms with Gasteiger partial charge in [-0.1, -0.05) is 53.9 Å². The van der Waals surface area contributed by atoms with Crippen molar-refractivity contribution in [2.24, 2.45) is 56.7 Å². The molecule has 0 aromatic rings. The van der Waals surface area contributed by atoms with Gasteiger partial charge in [0.15, 0.2) is 6.29 Å². The van der Waals surface area contributed by atoms with Gasteiger partial charge >= 0.3 is 0 Å². The Morgan fingerprint density at radius 3 is 2.40 bits per heavy atom. The first-order chi connectivity index (χ1) is 23.5. The molecule has 50 heavy (non-hydrogen) atoms. The smallest absolute Gasteiger partial charge is 0.223 e. The molecule has 8 fully saturated rings. The number of hydrogen-bond acceptors (Lipinski definition) is 7. The van der Waals surface area contributed by atoms with E-state index in [0.29, 0.717) is 61.6 Å². The number of fused-ring (bicyclic) bond motifs is 4. The Labute approximate surface area is 301 Å². The van der Waals surface area contributed by atoms with Gasteiger partial charge in [0.1, 0.15) is 6.10 Å². The fraction of sp³-hybridized carbons (Fsp3) is 0.976. The molecular formula is C42H69NO7. The van der Waals surface area contributed by atoms with Gasteiger partial charge in [-0.2, -0.15) is 0 Å². The number of ether oxygens (including phenoxy) is 3. The number of amides is 1. The number of hydrogen-bond donors (Lipinski definition) is 3. The zero-order chi connectivity index (χ0) is 35.6. The summed E-state index contributed by atoms with van der Waals surface area (Å²) < 4.78 is 19.8. The first-order valence-corrected chi connectivity index (χ1v) is 20.8. The predicted molar refractivity (Wildman–Crippen MR) is 191 cm³/mol. The van der Waals surface area contributed by atoms with Crippen molar-refractivity contribution in [3.63, 3.8) is 0 Å². The Bertz CT molecular complexity index is 1310. The van der Waals surface area contributed by atoms with Crippen molar-refractivity contribution in [2.45, 2.75) is 181 Å². The molecule has 0 bridgehead atoms. The first kappa shape index (κ1) is 36.2. The summed E-state index contributed by atoms with van der Waals surface area (Å²) >= 11 is 0. The summed E-state index contributed by atoms with van der Waals surface area (Å²) in [6.45, 7) is 17.1. The minimum atomic E-state index is -1.26. The highest BCUT2D eigenvalue weighted by Crippen LogP contribution is 2.89. The lowest BCUT2D eigenvalue weighted by atomic mass is 9.41. The van der Waals surface area contributed by atoms with Crippen LogP contribution in [0.1, 0.15) is 138 Å². The van der Waals surface area contributed by atoms with Crippen molar-refractivity contribution >= 4 is 5.91 Å². The van der Waals surface area contributed by atoms with Crippen LogP contribution in [0.25, 0.3) is 0 Å². The normalized spacial score (nSPS) is 50.7. The van der Waals surface area contributed by atoms with Gasteiger partial charge in [-0.25, -0.2) is 0 Å². The van der Waals surface area contributed by atoms with E-state index in [1.807, 2.05) is 4.90 Å². The maximum Gasteiger partial charge on any atom is 0.223 e. The number of nitrogens with zero attached hydrogens (tertiary/aromatic N) is 1. The molecular weight excluding hydrogens is 630 g/mol. The average Bonchev–Trinajstić information content (AvgIpc) is 3.70. The van der Waals surface area contributed by atoms with E-state index in [2.05, 4.69) is 34.6 Å². The highest BCUT2D eigenvalue weighted by molar-refractivity contribution is 5.76. The van der Waals surface area contributed by atoms with Crippen LogP contribution < -0.4 is 0 Å². The van der Waals surface area contributed by atoms with Crippen LogP contribution in [0.4, 0.5) is 0 Å². The summed E-state index contributed by atoms with van der Waals surface area (Å²) in [5, 5.41) is 34.2. The summed E-state index contributed by atoms with van der Waals surface area (Å²) in [5.74, 6) is 2.36. The second-order valence-electron chi connectivity index (χ2n) is 20.6. The third-order valence-corrected chi connectivity index (χ3v) is 17.7. The number of carbonyl (C=O) groups is 1. The van der Waals surface area contributed by atoms with Crippen LogP contribution >= 0.6 is 0 Å². The fourth-order valence-corrected chi connectivity index (χ4v) is 15.1. The molecule has 284 valence electrons. The monoisotopic (exact) mass is 700 g/mol. The molecule has 3 N–H and O–H groups in total. The third-order valence-electron chi connectivity index (χ3n) is 17.7. The lowest BCUT2D eigenvalue weighted by molar-refractivity contribution is -0.248. The second kappa shape index (κ2) is 12.1. The van der Waals surface area contributed by atoms with Gasteiger partial charge in [0.2, 0.25) is 5.91 Å². The van der Waals surface area contributed by atoms with E-state index in [0.717, 1.165) is 25.7 Å². The second-order valence-corrected chi connectivity index (χ2v) is 20.6. The molecule has 0 aromatic carbocycles. The molecule has 8 rings (SSSR count). The molecule has 2 heterocycles. The average molecular weight is 700 g/mol. The standard InChI is InChI=1S/C42H69NO7/c1-25-21-27(35(45)38(4,5)47)49-34-33(25)39(6)17-18-42-24-41(42)16-15-30(37(2,3)28(41)13-14-29(42)40(39,7)36(34)46)50-32-23-43(19-20-48-32)31(44)22-26-11-9-8-10-12-26/h25-30,32-36,45-47H,8-24H2,1-7H3/t25-,27-,28+,29+,30?,32?,33?,34+,35+,36+,39-,40-,41?,42+/m1/s1. The van der Waals surface area contributed by atoms with Gasteiger partial charge < -0.3 is 34.4 Å². The van der Waals surface area contributed by atoms with Crippen molar-refractivity contribution in [3.05, 3.63) is 0 Å². The Hall–Kier alpha value is -0.770. The maximum absolute atomic E-state index is 13.3. The molecule has 0 radical (unpaired) electrons. The van der Waals surface area contributed by atoms with Crippen molar-refractivity contribution in [3.8, 4) is 0 Å². The molecule has 8 heteroatoms. The maximum atomic E-state index is 13.3. The minimum absolute atomic E-state index is 0.00746. The van der Waals surface area contributed by atoms with Crippen LogP contribution in [0, 0.1) is 56.7 Å². The Morgan fingerprint density at radius 1 is 0.980 bits per heavy atom. The van der Waals surface area contributed by atoms with Crippen LogP contribution in [-0.2, 0) is 19.0 Å². The SMILES string of the molecule is C[C@@H]1C[C@H]([C@H](O)C(C)(C)O)O[C@H]2C1[C@@]1(C)CC[C@@]34CC35CCC(OC3CN(C(=O)CC6CCCCC6)CCO3)C(C)(C)[C@@H]5CC[C@H]4[C@]1(C)[C@H]2O. The number of morpholine rings is 1. The molecule has 1 amide bonds. The predicted octanol–water partition coefficient (Wildman–Crippen LogP) is 6.47. The van der Waals surface area contributed by atoms with Crippen LogP contribution in [-0.4, -0.2) is 88.2 Å². The summed E-state index contributed by atoms with van der Waals surface area (Å²) in [7, 11) is 0. The molecule has 6 saturated carbocycles. The van der Waals surface area contributed by atoms with Crippen molar-refractivity contribution < 1.29 is 34.3 Å². The lowest BCUT2D eigenvalue weighted by Gasteiger charge is -2.64. The van der Waals surface area contributed by atoms with Crippen molar-refractivity contribution in [2.75, 3.05) is 19.7 Å². The fourth-order valence-electron chi connectivity index (χ4n) is 15.1. The zero-order valence-electron chi connectivity index (χ0n) is 32.3. The van der Waals surface area contributed by atoms with E-state index in [-0.39, 0.29) is 52.0 Å². The Kier molecular flexibility index (Phi) is 8.78. The van der Waals surface area contributed by atoms with Gasteiger partial charge in [0.05, 0.1) is 43.2 Å². The molecule has 0 aromatic heterocycles. The van der Waals surface area contributed by atoms with E-state index < -0.39 is 23.9 Å². The topological polar surface area (TPSA) is 109 Å². The molecule has 8 nitrogen and oxygen atoms in total. The van der Waals surface area contributed by atoms with Crippen LogP contribution in [0.2, 0.25) is 0 Å². The van der Waals surface area contributed by atoms with Gasteiger partial charge in [0, 0.05) is 18.4 Å². The van der Waals surface area contributed by atoms with Gasteiger partial charge in [-0.15, -0.1) is 0 Å². The third kappa shape index (κ3) is 5.06. The van der Waals surface area contributed by atoms with Crippen LogP contribution in [0.15, 0.2) is 0 Å². The van der Waals surface area contributed by atoms with E-state index in [1.165, 1.54) is 51.4 Å². The van der Waals surface area contributed by atoms with E-state index in [4.69, 9.17) is 14.2 Å². The van der Waals surface area contributed by atoms with Crippen molar-refractivity contribution in [1.82, 2.24) is 4.90 Å². The quantitative estimate of drug-likeness (QED) is 0.292. The van der Waals surface area contributed by atoms with Gasteiger partial charge in [-0.3, -0.25) is 4.79 Å². The van der Waals surface area contributed by atoms with Crippen LogP contribution in [0.3, 0.4) is 0 Å². The molecule has 2 saturated heterocycles. The first-order valence-electron chi connectivity index (χ1n) is 20.8. The lowest BCUT2D eigenvalue weighted by Crippen LogP contribution is -2.60. The zero-order valence-corrected chi connectivity index (χ0v) is 32.3. The highest BCUT2D eigenvalue weighted by atomic mass is 16.7. The van der Waals surface area contributed by atoms with E-state index >= 15 is 0 Å². The number of aliphatic hydroxyl groups excluding tert-OH is 2. The number of carbonyl (C=O) groups excluding carboxylic acids is 1. The Morgan fingerprint density at radius 2 is 1.68 bits per heavy atom. The largest absolute Gasteiger partial charge is 0.390 e. The summed E-state index contributed by atoms with van der Waals surface area (Å²) in [5.41, 5.74) is -1.03. The summed E-state index contributed by atoms with van der Waals surface area (Å²) in [4.78, 5) is 15.3. The molecule has 2 spiro atoms. The number of aliphatic hydroxyl groups is 3. The molecule has 2 aliphatic heterocycles. The van der Waals surface area contributed by atoms with E-state index in [1.54, 1.807) is 13.8 Å². The molecule has 4 unspecified atom stereocenters. The molecule has 6 aliphatic carbocycles. The summed E-state index contributed by atoms with van der Waals surface area (Å²) in [6.07, 6.45) is 13.0. The van der Waals surface area contributed by atoms with Crippen LogP contribution in [0.5, 0.6) is 0 Å². The van der Waals surface area contributed by atoms with Crippen molar-refractivity contribution in [1.29, 1.82) is 0 Å². The number of rotatable bonds is 6. The van der Waals surface area contributed by atoms with E-state index in [9.17, 15) is 20.1 Å². The highest BCUT2D eigenvalue weighted by Gasteiger charge is 2.84. The molecule has 8 aliphatic rings. The van der Waals surface area contributed by atoms with Gasteiger partial charge in [0.25, 0.3) is 0 Å².